The van der Waals surface area contributed by atoms with E-state index in [-0.39, 0.29) is 12.2 Å². The lowest BCUT2D eigenvalue weighted by Gasteiger charge is -2.26. The van der Waals surface area contributed by atoms with Crippen molar-refractivity contribution in [2.45, 2.75) is 19.5 Å². The van der Waals surface area contributed by atoms with Gasteiger partial charge in [0.15, 0.2) is 0 Å². The minimum absolute atomic E-state index is 0.0485. The summed E-state index contributed by atoms with van der Waals surface area (Å²) in [7, 11) is 2.10. The van der Waals surface area contributed by atoms with Gasteiger partial charge in [-0.2, -0.15) is 0 Å². The second kappa shape index (κ2) is 9.27. The molecule has 0 saturated heterocycles. The lowest BCUT2D eigenvalue weighted by atomic mass is 10.1. The van der Waals surface area contributed by atoms with Crippen LogP contribution in [0, 0.1) is 0 Å². The normalized spacial score (nSPS) is 13.9. The minimum atomic E-state index is -0.0737. The van der Waals surface area contributed by atoms with Crippen molar-refractivity contribution in [3.63, 3.8) is 0 Å². The highest BCUT2D eigenvalue weighted by atomic mass is 35.5. The van der Waals surface area contributed by atoms with Crippen molar-refractivity contribution in [3.05, 3.63) is 86.0 Å². The predicted octanol–water partition coefficient (Wildman–Crippen LogP) is 4.09. The number of hydrogen-bond acceptors (Lipinski definition) is 6. The van der Waals surface area contributed by atoms with Crippen molar-refractivity contribution >= 4 is 39.1 Å². The zero-order valence-corrected chi connectivity index (χ0v) is 19.9. The van der Waals surface area contributed by atoms with Crippen molar-refractivity contribution in [2.75, 3.05) is 31.6 Å². The van der Waals surface area contributed by atoms with Gasteiger partial charge < -0.3 is 14.9 Å². The van der Waals surface area contributed by atoms with Gasteiger partial charge in [0, 0.05) is 36.1 Å². The van der Waals surface area contributed by atoms with E-state index in [1.54, 1.807) is 28.0 Å². The van der Waals surface area contributed by atoms with Crippen LogP contribution < -0.4 is 10.5 Å². The Balaban J connectivity index is 1.74. The number of aliphatic hydroxyl groups is 1. The number of hydrogen-bond donors (Lipinski definition) is 1. The average Bonchev–Trinajstić information content (AvgIpc) is 3.18. The van der Waals surface area contributed by atoms with Crippen LogP contribution in [0.5, 0.6) is 0 Å². The van der Waals surface area contributed by atoms with Gasteiger partial charge in [0.25, 0.3) is 5.56 Å². The maximum absolute atomic E-state index is 14.0. The molecule has 2 aromatic carbocycles. The van der Waals surface area contributed by atoms with E-state index in [1.165, 1.54) is 4.88 Å². The van der Waals surface area contributed by atoms with Crippen molar-refractivity contribution in [2.24, 2.45) is 0 Å². The zero-order chi connectivity index (χ0) is 22.9. The smallest absolute Gasteiger partial charge is 0.268 e. The van der Waals surface area contributed by atoms with Crippen LogP contribution in [0.3, 0.4) is 0 Å². The third-order valence-corrected chi connectivity index (χ3v) is 7.36. The van der Waals surface area contributed by atoms with E-state index in [2.05, 4.69) is 11.9 Å². The number of likely N-dealkylation sites (N-methyl/N-ethyl adjacent to an activating group) is 1. The van der Waals surface area contributed by atoms with Crippen molar-refractivity contribution < 1.29 is 5.11 Å². The lowest BCUT2D eigenvalue weighted by molar-refractivity contribution is 0.300. The molecule has 5 rings (SSSR count). The molecule has 0 aliphatic carbocycles. The van der Waals surface area contributed by atoms with Crippen molar-refractivity contribution in [1.82, 2.24) is 14.5 Å². The Morgan fingerprint density at radius 1 is 1.15 bits per heavy atom. The predicted molar refractivity (Wildman–Crippen MR) is 135 cm³/mol. The number of aliphatic hydroxyl groups excluding tert-OH is 1. The van der Waals surface area contributed by atoms with Gasteiger partial charge in [-0.15, -0.1) is 11.3 Å². The molecule has 33 heavy (non-hydrogen) atoms. The zero-order valence-electron chi connectivity index (χ0n) is 18.4. The van der Waals surface area contributed by atoms with Crippen molar-refractivity contribution in [3.8, 4) is 5.69 Å². The van der Waals surface area contributed by atoms with Gasteiger partial charge in [-0.05, 0) is 48.9 Å². The lowest BCUT2D eigenvalue weighted by Crippen LogP contribution is -2.34. The Bertz CT molecular complexity index is 1330. The maximum Gasteiger partial charge on any atom is 0.268 e. The summed E-state index contributed by atoms with van der Waals surface area (Å²) in [5.74, 6) is 0.527. The topological polar surface area (TPSA) is 61.6 Å². The second-order valence-corrected chi connectivity index (χ2v) is 9.85. The highest BCUT2D eigenvalue weighted by molar-refractivity contribution is 7.18. The Morgan fingerprint density at radius 3 is 2.64 bits per heavy atom. The molecule has 0 fully saturated rings. The van der Waals surface area contributed by atoms with Crippen LogP contribution in [0.25, 0.3) is 15.9 Å². The summed E-state index contributed by atoms with van der Waals surface area (Å²) in [6, 6.07) is 17.3. The molecule has 4 aromatic rings. The van der Waals surface area contributed by atoms with Crippen LogP contribution in [-0.2, 0) is 19.5 Å². The average molecular weight is 481 g/mol. The fraction of sp³-hybridized carbons (Fsp3) is 0.280. The van der Waals surface area contributed by atoms with Gasteiger partial charge in [0.2, 0.25) is 5.95 Å². The second-order valence-electron chi connectivity index (χ2n) is 8.33. The SMILES string of the molecule is CN1CCc2c(sc3nc(N(CCO)Cc4ccccc4)n(-c4ccc(Cl)cc4)c(=O)c23)C1. The summed E-state index contributed by atoms with van der Waals surface area (Å²) >= 11 is 7.74. The van der Waals surface area contributed by atoms with Gasteiger partial charge in [0.05, 0.1) is 17.7 Å². The van der Waals surface area contributed by atoms with Crippen LogP contribution >= 0.6 is 22.9 Å². The number of aromatic nitrogens is 2. The summed E-state index contributed by atoms with van der Waals surface area (Å²) in [5.41, 5.74) is 2.83. The molecule has 0 unspecified atom stereocenters. The van der Waals surface area contributed by atoms with Gasteiger partial charge in [0.1, 0.15) is 4.83 Å². The molecule has 1 N–H and O–H groups in total. The fourth-order valence-corrected chi connectivity index (χ4v) is 5.78. The molecule has 1 aliphatic rings. The van der Waals surface area contributed by atoms with E-state index >= 15 is 0 Å². The maximum atomic E-state index is 14.0. The number of thiophene rings is 1. The molecule has 0 amide bonds. The summed E-state index contributed by atoms with van der Waals surface area (Å²) < 4.78 is 1.67. The van der Waals surface area contributed by atoms with Gasteiger partial charge in [-0.25, -0.2) is 9.55 Å². The highest BCUT2D eigenvalue weighted by Gasteiger charge is 2.26. The quantitative estimate of drug-likeness (QED) is 0.450. The van der Waals surface area contributed by atoms with Gasteiger partial charge in [-0.3, -0.25) is 4.79 Å². The fourth-order valence-electron chi connectivity index (χ4n) is 4.37. The summed E-state index contributed by atoms with van der Waals surface area (Å²) in [6.45, 7) is 2.59. The van der Waals surface area contributed by atoms with E-state index in [0.29, 0.717) is 35.1 Å². The Morgan fingerprint density at radius 2 is 1.91 bits per heavy atom. The molecule has 0 bridgehead atoms. The molecule has 1 aliphatic heterocycles. The van der Waals surface area contributed by atoms with E-state index in [0.717, 1.165) is 35.5 Å². The molecule has 0 atom stereocenters. The van der Waals surface area contributed by atoms with Crippen LogP contribution in [0.4, 0.5) is 5.95 Å². The van der Waals surface area contributed by atoms with E-state index in [1.807, 2.05) is 47.4 Å². The van der Waals surface area contributed by atoms with Crippen LogP contribution in [0.15, 0.2) is 59.4 Å². The van der Waals surface area contributed by atoms with Crippen LogP contribution in [0.1, 0.15) is 16.0 Å². The molecular formula is C25H25ClN4O2S. The first-order valence-corrected chi connectivity index (χ1v) is 12.2. The monoisotopic (exact) mass is 480 g/mol. The molecule has 0 radical (unpaired) electrons. The molecule has 8 heteroatoms. The van der Waals surface area contributed by atoms with Crippen molar-refractivity contribution in [1.29, 1.82) is 0 Å². The van der Waals surface area contributed by atoms with E-state index < -0.39 is 0 Å². The third-order valence-electron chi connectivity index (χ3n) is 6.00. The number of fused-ring (bicyclic) bond motifs is 3. The minimum Gasteiger partial charge on any atom is -0.395 e. The molecular weight excluding hydrogens is 456 g/mol. The number of benzene rings is 2. The van der Waals surface area contributed by atoms with Gasteiger partial charge in [-0.1, -0.05) is 41.9 Å². The third kappa shape index (κ3) is 4.29. The molecule has 3 heterocycles. The number of anilines is 1. The number of nitrogens with zero attached hydrogens (tertiary/aromatic N) is 4. The highest BCUT2D eigenvalue weighted by Crippen LogP contribution is 2.34. The van der Waals surface area contributed by atoms with E-state index in [4.69, 9.17) is 16.6 Å². The molecule has 6 nitrogen and oxygen atoms in total. The first-order valence-electron chi connectivity index (χ1n) is 11.0. The van der Waals surface area contributed by atoms with E-state index in [9.17, 15) is 9.90 Å². The molecule has 0 saturated carbocycles. The Labute approximate surface area is 201 Å². The standard InChI is InChI=1S/C25H25ClN4O2S/c1-28-12-11-20-21(16-28)33-23-22(20)24(32)30(19-9-7-18(26)8-10-19)25(27-23)29(13-14-31)15-17-5-3-2-4-6-17/h2-10,31H,11-16H2,1H3. The summed E-state index contributed by atoms with van der Waals surface area (Å²) in [6.07, 6.45) is 0.840. The first-order chi connectivity index (χ1) is 16.0. The molecule has 170 valence electrons. The van der Waals surface area contributed by atoms with Gasteiger partial charge >= 0.3 is 0 Å². The Kier molecular flexibility index (Phi) is 6.21. The number of halogens is 1. The molecule has 2 aromatic heterocycles. The Hall–Kier alpha value is -2.71. The number of rotatable bonds is 6. The largest absolute Gasteiger partial charge is 0.395 e. The summed E-state index contributed by atoms with van der Waals surface area (Å²) in [4.78, 5) is 25.2. The van der Waals surface area contributed by atoms with Crippen LogP contribution in [0.2, 0.25) is 5.02 Å². The van der Waals surface area contributed by atoms with Crippen LogP contribution in [-0.4, -0.2) is 46.3 Å². The first kappa shape index (κ1) is 22.1. The summed E-state index contributed by atoms with van der Waals surface area (Å²) in [5, 5.41) is 11.2. The molecule has 0 spiro atoms.